The van der Waals surface area contributed by atoms with Gasteiger partial charge in [-0.1, -0.05) is 49.4 Å². The van der Waals surface area contributed by atoms with Crippen LogP contribution in [0, 0.1) is 0 Å². The SMILES string of the molecule is COC(=O)c1ccc([C@@H](C)[C@H]2CCCN2C(=O)OCc2ccccc2)cc1. The first-order valence-electron chi connectivity index (χ1n) is 9.25. The van der Waals surface area contributed by atoms with Crippen molar-refractivity contribution in [2.45, 2.75) is 38.3 Å². The summed E-state index contributed by atoms with van der Waals surface area (Å²) in [4.78, 5) is 26.0. The van der Waals surface area contributed by atoms with E-state index in [2.05, 4.69) is 6.92 Å². The van der Waals surface area contributed by atoms with E-state index in [9.17, 15) is 9.59 Å². The quantitative estimate of drug-likeness (QED) is 0.736. The number of carbonyl (C=O) groups excluding carboxylic acids is 2. The van der Waals surface area contributed by atoms with Gasteiger partial charge in [-0.3, -0.25) is 0 Å². The first kappa shape index (κ1) is 19.0. The molecule has 1 amide bonds. The molecule has 0 N–H and O–H groups in total. The monoisotopic (exact) mass is 367 g/mol. The van der Waals surface area contributed by atoms with Crippen LogP contribution in [0.25, 0.3) is 0 Å². The molecule has 0 bridgehead atoms. The molecule has 142 valence electrons. The van der Waals surface area contributed by atoms with Crippen LogP contribution in [0.15, 0.2) is 54.6 Å². The van der Waals surface area contributed by atoms with Crippen LogP contribution in [0.2, 0.25) is 0 Å². The van der Waals surface area contributed by atoms with Gasteiger partial charge in [0.15, 0.2) is 0 Å². The Morgan fingerprint density at radius 2 is 1.81 bits per heavy atom. The van der Waals surface area contributed by atoms with Crippen LogP contribution in [-0.4, -0.2) is 36.7 Å². The van der Waals surface area contributed by atoms with Crippen LogP contribution < -0.4 is 0 Å². The maximum atomic E-state index is 12.6. The Morgan fingerprint density at radius 1 is 1.11 bits per heavy atom. The molecule has 1 saturated heterocycles. The molecule has 1 aliphatic rings. The summed E-state index contributed by atoms with van der Waals surface area (Å²) in [5, 5.41) is 0. The number of nitrogens with zero attached hydrogens (tertiary/aromatic N) is 1. The average molecular weight is 367 g/mol. The van der Waals surface area contributed by atoms with Crippen LogP contribution in [0.5, 0.6) is 0 Å². The van der Waals surface area contributed by atoms with E-state index in [0.717, 1.165) is 24.0 Å². The molecule has 0 spiro atoms. The molecule has 2 atom stereocenters. The van der Waals surface area contributed by atoms with Crippen LogP contribution in [-0.2, 0) is 16.1 Å². The van der Waals surface area contributed by atoms with Gasteiger partial charge in [-0.2, -0.15) is 0 Å². The van der Waals surface area contributed by atoms with Gasteiger partial charge in [0.1, 0.15) is 6.61 Å². The lowest BCUT2D eigenvalue weighted by Gasteiger charge is -2.29. The predicted molar refractivity (Wildman–Crippen MR) is 103 cm³/mol. The summed E-state index contributed by atoms with van der Waals surface area (Å²) < 4.78 is 10.3. The zero-order valence-corrected chi connectivity index (χ0v) is 15.8. The molecule has 0 aliphatic carbocycles. The summed E-state index contributed by atoms with van der Waals surface area (Å²) in [5.74, 6) is -0.190. The molecular weight excluding hydrogens is 342 g/mol. The molecule has 1 fully saturated rings. The summed E-state index contributed by atoms with van der Waals surface area (Å²) in [6, 6.07) is 17.2. The lowest BCUT2D eigenvalue weighted by molar-refractivity contribution is 0.0600. The van der Waals surface area contributed by atoms with Crippen LogP contribution >= 0.6 is 0 Å². The van der Waals surface area contributed by atoms with Gasteiger partial charge in [0, 0.05) is 18.5 Å². The van der Waals surface area contributed by atoms with Crippen molar-refractivity contribution in [1.29, 1.82) is 0 Å². The summed E-state index contributed by atoms with van der Waals surface area (Å²) in [5.41, 5.74) is 2.60. The lowest BCUT2D eigenvalue weighted by atomic mass is 9.91. The number of hydrogen-bond acceptors (Lipinski definition) is 4. The van der Waals surface area contributed by atoms with Crippen molar-refractivity contribution in [2.75, 3.05) is 13.7 Å². The third-order valence-electron chi connectivity index (χ3n) is 5.17. The number of amides is 1. The smallest absolute Gasteiger partial charge is 0.410 e. The Kier molecular flexibility index (Phi) is 6.12. The molecule has 2 aromatic carbocycles. The van der Waals surface area contributed by atoms with E-state index in [1.807, 2.05) is 47.4 Å². The summed E-state index contributed by atoms with van der Waals surface area (Å²) in [6.07, 6.45) is 1.65. The van der Waals surface area contributed by atoms with Gasteiger partial charge in [0.05, 0.1) is 12.7 Å². The predicted octanol–water partition coefficient (Wildman–Crippen LogP) is 4.38. The fourth-order valence-corrected chi connectivity index (χ4v) is 3.60. The van der Waals surface area contributed by atoms with E-state index in [1.54, 1.807) is 12.1 Å². The summed E-state index contributed by atoms with van der Waals surface area (Å²) in [6.45, 7) is 3.11. The maximum Gasteiger partial charge on any atom is 0.410 e. The van der Waals surface area contributed by atoms with Crippen LogP contribution in [0.1, 0.15) is 47.2 Å². The number of ether oxygens (including phenoxy) is 2. The second kappa shape index (κ2) is 8.71. The Balaban J connectivity index is 1.64. The van der Waals surface area contributed by atoms with Gasteiger partial charge in [-0.05, 0) is 36.1 Å². The van der Waals surface area contributed by atoms with Gasteiger partial charge in [0.2, 0.25) is 0 Å². The second-order valence-corrected chi connectivity index (χ2v) is 6.85. The Morgan fingerprint density at radius 3 is 2.48 bits per heavy atom. The van der Waals surface area contributed by atoms with Gasteiger partial charge >= 0.3 is 12.1 Å². The number of rotatable bonds is 5. The molecule has 2 aromatic rings. The van der Waals surface area contributed by atoms with Crippen molar-refractivity contribution in [3.8, 4) is 0 Å². The van der Waals surface area contributed by atoms with E-state index in [4.69, 9.17) is 9.47 Å². The van der Waals surface area contributed by atoms with Crippen molar-refractivity contribution in [2.24, 2.45) is 0 Å². The number of benzene rings is 2. The van der Waals surface area contributed by atoms with Gasteiger partial charge in [-0.25, -0.2) is 9.59 Å². The molecule has 0 aromatic heterocycles. The number of carbonyl (C=O) groups is 2. The molecule has 5 nitrogen and oxygen atoms in total. The first-order chi connectivity index (χ1) is 13.1. The zero-order valence-electron chi connectivity index (χ0n) is 15.8. The molecule has 0 unspecified atom stereocenters. The Bertz CT molecular complexity index is 773. The largest absolute Gasteiger partial charge is 0.465 e. The maximum absolute atomic E-state index is 12.6. The number of likely N-dealkylation sites (tertiary alicyclic amines) is 1. The third-order valence-corrected chi connectivity index (χ3v) is 5.17. The van der Waals surface area contributed by atoms with Crippen molar-refractivity contribution >= 4 is 12.1 Å². The topological polar surface area (TPSA) is 55.8 Å². The molecular formula is C22H25NO4. The van der Waals surface area contributed by atoms with E-state index in [1.165, 1.54) is 7.11 Å². The van der Waals surface area contributed by atoms with Crippen molar-refractivity contribution < 1.29 is 19.1 Å². The molecule has 0 saturated carbocycles. The van der Waals surface area contributed by atoms with Gasteiger partial charge in [0.25, 0.3) is 0 Å². The minimum Gasteiger partial charge on any atom is -0.465 e. The molecule has 0 radical (unpaired) electrons. The summed E-state index contributed by atoms with van der Waals surface area (Å²) in [7, 11) is 1.37. The van der Waals surface area contributed by atoms with Crippen molar-refractivity contribution in [1.82, 2.24) is 4.90 Å². The lowest BCUT2D eigenvalue weighted by Crippen LogP contribution is -2.38. The minimum absolute atomic E-state index is 0.0947. The van der Waals surface area contributed by atoms with E-state index >= 15 is 0 Å². The van der Waals surface area contributed by atoms with Crippen LogP contribution in [0.4, 0.5) is 4.79 Å². The van der Waals surface area contributed by atoms with Crippen LogP contribution in [0.3, 0.4) is 0 Å². The van der Waals surface area contributed by atoms with E-state index < -0.39 is 0 Å². The Labute approximate surface area is 159 Å². The van der Waals surface area contributed by atoms with E-state index in [0.29, 0.717) is 12.1 Å². The molecule has 5 heteroatoms. The van der Waals surface area contributed by atoms with E-state index in [-0.39, 0.29) is 30.6 Å². The normalized spacial score (nSPS) is 17.4. The van der Waals surface area contributed by atoms with Crippen molar-refractivity contribution in [3.63, 3.8) is 0 Å². The Hall–Kier alpha value is -2.82. The molecule has 27 heavy (non-hydrogen) atoms. The third kappa shape index (κ3) is 4.48. The highest BCUT2D eigenvalue weighted by Gasteiger charge is 2.34. The molecule has 3 rings (SSSR count). The number of esters is 1. The average Bonchev–Trinajstić information content (AvgIpc) is 3.21. The summed E-state index contributed by atoms with van der Waals surface area (Å²) >= 11 is 0. The number of hydrogen-bond donors (Lipinski definition) is 0. The second-order valence-electron chi connectivity index (χ2n) is 6.85. The highest BCUT2D eigenvalue weighted by atomic mass is 16.6. The standard InChI is InChI=1S/C22H25NO4/c1-16(18-10-12-19(13-11-18)21(24)26-2)20-9-6-14-23(20)22(25)27-15-17-7-4-3-5-8-17/h3-5,7-8,10-13,16,20H,6,9,14-15H2,1-2H3/t16-,20-/m1/s1. The van der Waals surface area contributed by atoms with Gasteiger partial charge < -0.3 is 14.4 Å². The van der Waals surface area contributed by atoms with Crippen molar-refractivity contribution in [3.05, 3.63) is 71.3 Å². The number of methoxy groups -OCH3 is 1. The minimum atomic E-state index is -0.346. The molecule has 1 aliphatic heterocycles. The fourth-order valence-electron chi connectivity index (χ4n) is 3.60. The fraction of sp³-hybridized carbons (Fsp3) is 0.364. The highest BCUT2D eigenvalue weighted by Crippen LogP contribution is 2.31. The highest BCUT2D eigenvalue weighted by molar-refractivity contribution is 5.89. The first-order valence-corrected chi connectivity index (χ1v) is 9.25. The molecule has 1 heterocycles. The zero-order chi connectivity index (χ0) is 19.2. The van der Waals surface area contributed by atoms with Gasteiger partial charge in [-0.15, -0.1) is 0 Å².